The summed E-state index contributed by atoms with van der Waals surface area (Å²) in [5, 5.41) is 0.621. The van der Waals surface area contributed by atoms with Crippen molar-refractivity contribution in [2.45, 2.75) is 6.92 Å². The van der Waals surface area contributed by atoms with Crippen LogP contribution < -0.4 is 5.56 Å². The van der Waals surface area contributed by atoms with Crippen LogP contribution in [0.25, 0.3) is 10.8 Å². The lowest BCUT2D eigenvalue weighted by Crippen LogP contribution is -2.08. The van der Waals surface area contributed by atoms with Gasteiger partial charge in [-0.15, -0.1) is 0 Å². The van der Waals surface area contributed by atoms with Crippen molar-refractivity contribution < 1.29 is 0 Å². The molecule has 4 nitrogen and oxygen atoms in total. The summed E-state index contributed by atoms with van der Waals surface area (Å²) in [5.41, 5.74) is 0.480. The second-order valence-electron chi connectivity index (χ2n) is 2.70. The summed E-state index contributed by atoms with van der Waals surface area (Å²) < 4.78 is 0.573. The summed E-state index contributed by atoms with van der Waals surface area (Å²) in [5.74, 6) is 0.465. The van der Waals surface area contributed by atoms with Gasteiger partial charge in [0.05, 0.1) is 6.20 Å². The third-order valence-electron chi connectivity index (χ3n) is 1.55. The highest BCUT2D eigenvalue weighted by atomic mass is 35.5. The van der Waals surface area contributed by atoms with Crippen LogP contribution >= 0.6 is 22.9 Å². The number of aromatic nitrogens is 3. The van der Waals surface area contributed by atoms with Crippen LogP contribution in [0.1, 0.15) is 5.69 Å². The molecule has 0 radical (unpaired) electrons. The topological polar surface area (TPSA) is 58.6 Å². The molecule has 2 aromatic heterocycles. The summed E-state index contributed by atoms with van der Waals surface area (Å²) in [6.45, 7) is 1.76. The largest absolute Gasteiger partial charge is 0.304 e. The van der Waals surface area contributed by atoms with Crippen LogP contribution in [0.5, 0.6) is 0 Å². The number of H-pyrrole nitrogens is 1. The Kier molecular flexibility index (Phi) is 2.35. The SMILES string of the molecule is Cc1cc(=O)[nH]c(-c2ncc(Cl)s2)n1. The fourth-order valence-corrected chi connectivity index (χ4v) is 1.90. The molecule has 0 saturated heterocycles. The highest BCUT2D eigenvalue weighted by Gasteiger charge is 2.06. The Morgan fingerprint density at radius 1 is 1.57 bits per heavy atom. The summed E-state index contributed by atoms with van der Waals surface area (Å²) in [7, 11) is 0. The van der Waals surface area contributed by atoms with E-state index >= 15 is 0 Å². The number of nitrogens with one attached hydrogen (secondary N) is 1. The van der Waals surface area contributed by atoms with Crippen LogP contribution in [0.4, 0.5) is 0 Å². The van der Waals surface area contributed by atoms with E-state index in [-0.39, 0.29) is 5.56 Å². The second-order valence-corrected chi connectivity index (χ2v) is 4.37. The Bertz CT molecular complexity index is 519. The molecule has 72 valence electrons. The molecule has 0 aliphatic rings. The van der Waals surface area contributed by atoms with Crippen molar-refractivity contribution in [2.75, 3.05) is 0 Å². The lowest BCUT2D eigenvalue weighted by atomic mass is 10.4. The third kappa shape index (κ3) is 1.83. The molecule has 6 heteroatoms. The molecule has 0 saturated carbocycles. The molecule has 0 fully saturated rings. The Labute approximate surface area is 88.6 Å². The van der Waals surface area contributed by atoms with Gasteiger partial charge in [-0.3, -0.25) is 4.79 Å². The van der Waals surface area contributed by atoms with Crippen LogP contribution in [-0.4, -0.2) is 15.0 Å². The lowest BCUT2D eigenvalue weighted by molar-refractivity contribution is 1.07. The van der Waals surface area contributed by atoms with E-state index in [1.807, 2.05) is 0 Å². The minimum Gasteiger partial charge on any atom is -0.304 e. The van der Waals surface area contributed by atoms with E-state index in [0.29, 0.717) is 20.9 Å². The first-order valence-corrected chi connectivity index (χ1v) is 5.04. The first-order chi connectivity index (χ1) is 6.65. The quantitative estimate of drug-likeness (QED) is 0.809. The van der Waals surface area contributed by atoms with Crippen LogP contribution in [0, 0.1) is 6.92 Å². The number of halogens is 1. The molecule has 0 amide bonds. The number of thiazole rings is 1. The lowest BCUT2D eigenvalue weighted by Gasteiger charge is -1.95. The van der Waals surface area contributed by atoms with Crippen molar-refractivity contribution in [3.05, 3.63) is 32.6 Å². The summed E-state index contributed by atoms with van der Waals surface area (Å²) >= 11 is 7.01. The molecule has 2 rings (SSSR count). The maximum atomic E-state index is 11.1. The summed E-state index contributed by atoms with van der Waals surface area (Å²) in [6, 6.07) is 1.43. The van der Waals surface area contributed by atoms with Gasteiger partial charge in [0.1, 0.15) is 4.34 Å². The Morgan fingerprint density at radius 3 is 2.93 bits per heavy atom. The van der Waals surface area contributed by atoms with Crippen LogP contribution in [-0.2, 0) is 0 Å². The van der Waals surface area contributed by atoms with Crippen LogP contribution in [0.15, 0.2) is 17.1 Å². The van der Waals surface area contributed by atoms with E-state index < -0.39 is 0 Å². The normalized spacial score (nSPS) is 10.4. The zero-order valence-electron chi connectivity index (χ0n) is 7.24. The molecule has 2 aromatic rings. The van der Waals surface area contributed by atoms with Gasteiger partial charge in [-0.05, 0) is 6.92 Å². The average Bonchev–Trinajstić information content (AvgIpc) is 2.50. The van der Waals surface area contributed by atoms with E-state index in [4.69, 9.17) is 11.6 Å². The molecule has 0 bridgehead atoms. The number of aryl methyl sites for hydroxylation is 1. The zero-order valence-corrected chi connectivity index (χ0v) is 8.82. The molecule has 0 aliphatic heterocycles. The van der Waals surface area contributed by atoms with Crippen LogP contribution in [0.2, 0.25) is 4.34 Å². The van der Waals surface area contributed by atoms with Crippen LogP contribution in [0.3, 0.4) is 0 Å². The molecule has 0 unspecified atom stereocenters. The number of nitrogens with zero attached hydrogens (tertiary/aromatic N) is 2. The Morgan fingerprint density at radius 2 is 2.36 bits per heavy atom. The van der Waals surface area contributed by atoms with Gasteiger partial charge in [-0.25, -0.2) is 9.97 Å². The van der Waals surface area contributed by atoms with Crippen molar-refractivity contribution in [2.24, 2.45) is 0 Å². The first kappa shape index (κ1) is 9.36. The zero-order chi connectivity index (χ0) is 10.1. The van der Waals surface area contributed by atoms with Crippen molar-refractivity contribution in [3.63, 3.8) is 0 Å². The molecule has 2 heterocycles. The van der Waals surface area contributed by atoms with Crippen molar-refractivity contribution in [3.8, 4) is 10.8 Å². The third-order valence-corrected chi connectivity index (χ3v) is 2.67. The Balaban J connectivity index is 2.56. The molecule has 0 spiro atoms. The molecule has 0 aromatic carbocycles. The highest BCUT2D eigenvalue weighted by molar-refractivity contribution is 7.18. The Hall–Kier alpha value is -1.20. The van der Waals surface area contributed by atoms with Crippen molar-refractivity contribution in [1.29, 1.82) is 0 Å². The summed E-state index contributed by atoms with van der Waals surface area (Å²) in [4.78, 5) is 21.9. The smallest absolute Gasteiger partial charge is 0.251 e. The average molecular weight is 228 g/mol. The second kappa shape index (κ2) is 3.51. The minimum atomic E-state index is -0.182. The fourth-order valence-electron chi connectivity index (χ4n) is 1.04. The highest BCUT2D eigenvalue weighted by Crippen LogP contribution is 2.24. The van der Waals surface area contributed by atoms with E-state index in [1.165, 1.54) is 23.6 Å². The molecular formula is C8H6ClN3OS. The van der Waals surface area contributed by atoms with E-state index in [9.17, 15) is 4.79 Å². The molecule has 14 heavy (non-hydrogen) atoms. The van der Waals surface area contributed by atoms with Crippen molar-refractivity contribution >= 4 is 22.9 Å². The van der Waals surface area contributed by atoms with Gasteiger partial charge in [-0.1, -0.05) is 22.9 Å². The number of hydrogen-bond donors (Lipinski definition) is 1. The maximum absolute atomic E-state index is 11.1. The number of hydrogen-bond acceptors (Lipinski definition) is 4. The standard InChI is InChI=1S/C8H6ClN3OS/c1-4-2-6(13)12-7(11-4)8-10-3-5(9)14-8/h2-3H,1H3,(H,11,12,13). The number of rotatable bonds is 1. The maximum Gasteiger partial charge on any atom is 0.251 e. The molecule has 0 atom stereocenters. The van der Waals surface area contributed by atoms with Crippen molar-refractivity contribution in [1.82, 2.24) is 15.0 Å². The fraction of sp³-hybridized carbons (Fsp3) is 0.125. The van der Waals surface area contributed by atoms with Gasteiger partial charge in [0.15, 0.2) is 10.8 Å². The van der Waals surface area contributed by atoms with Gasteiger partial charge >= 0.3 is 0 Å². The van der Waals surface area contributed by atoms with E-state index in [0.717, 1.165) is 0 Å². The van der Waals surface area contributed by atoms with E-state index in [2.05, 4.69) is 15.0 Å². The monoisotopic (exact) mass is 227 g/mol. The summed E-state index contributed by atoms with van der Waals surface area (Å²) in [6.07, 6.45) is 1.53. The predicted molar refractivity (Wildman–Crippen MR) is 55.7 cm³/mol. The van der Waals surface area contributed by atoms with Gasteiger partial charge in [0, 0.05) is 11.8 Å². The minimum absolute atomic E-state index is 0.182. The first-order valence-electron chi connectivity index (χ1n) is 3.85. The molecule has 0 aliphatic carbocycles. The van der Waals surface area contributed by atoms with E-state index in [1.54, 1.807) is 6.92 Å². The van der Waals surface area contributed by atoms with Gasteiger partial charge in [0.2, 0.25) is 0 Å². The predicted octanol–water partition coefficient (Wildman–Crippen LogP) is 1.86. The molecular weight excluding hydrogens is 222 g/mol. The van der Waals surface area contributed by atoms with Gasteiger partial charge < -0.3 is 4.98 Å². The number of aromatic amines is 1. The molecule has 1 N–H and O–H groups in total. The van der Waals surface area contributed by atoms with Gasteiger partial charge in [-0.2, -0.15) is 0 Å². The van der Waals surface area contributed by atoms with Gasteiger partial charge in [0.25, 0.3) is 5.56 Å².